The van der Waals surface area contributed by atoms with E-state index in [4.69, 9.17) is 4.74 Å². The second-order valence-corrected chi connectivity index (χ2v) is 8.03. The lowest BCUT2D eigenvalue weighted by Gasteiger charge is -2.14. The molecule has 1 aromatic heterocycles. The van der Waals surface area contributed by atoms with Crippen LogP contribution in [0.4, 0.5) is 16.2 Å². The number of methoxy groups -OCH3 is 1. The van der Waals surface area contributed by atoms with Crippen LogP contribution in [0.25, 0.3) is 0 Å². The van der Waals surface area contributed by atoms with E-state index in [0.29, 0.717) is 5.69 Å². The molecule has 2 rings (SSSR count). The summed E-state index contributed by atoms with van der Waals surface area (Å²) in [7, 11) is -2.60. The SMILES string of the molecule is COC[n+]1ccc(Nc2cccc(C)c2)c(S(=O)(=O)NC(=O)NC(C)C)c1.[Cl-]. The van der Waals surface area contributed by atoms with Crippen LogP contribution in [0.5, 0.6) is 0 Å². The first-order valence-corrected chi connectivity index (χ1v) is 9.88. The molecule has 0 saturated heterocycles. The Morgan fingerprint density at radius 3 is 2.57 bits per heavy atom. The number of nitrogens with zero attached hydrogens (tertiary/aromatic N) is 1. The number of nitrogens with one attached hydrogen (secondary N) is 3. The summed E-state index contributed by atoms with van der Waals surface area (Å²) >= 11 is 0. The number of anilines is 2. The maximum Gasteiger partial charge on any atom is 0.328 e. The van der Waals surface area contributed by atoms with Crippen LogP contribution in [0.3, 0.4) is 0 Å². The van der Waals surface area contributed by atoms with E-state index in [9.17, 15) is 13.2 Å². The summed E-state index contributed by atoms with van der Waals surface area (Å²) in [6, 6.07) is 8.18. The summed E-state index contributed by atoms with van der Waals surface area (Å²) in [5.74, 6) is 0. The fourth-order valence-electron chi connectivity index (χ4n) is 2.41. The number of benzene rings is 1. The van der Waals surface area contributed by atoms with Crippen molar-refractivity contribution in [1.82, 2.24) is 10.0 Å². The molecule has 0 saturated carbocycles. The zero-order chi connectivity index (χ0) is 20.0. The first-order chi connectivity index (χ1) is 12.7. The fraction of sp³-hybridized carbons (Fsp3) is 0.333. The Morgan fingerprint density at radius 2 is 1.96 bits per heavy atom. The zero-order valence-electron chi connectivity index (χ0n) is 16.2. The van der Waals surface area contributed by atoms with Crippen molar-refractivity contribution in [1.29, 1.82) is 0 Å². The van der Waals surface area contributed by atoms with Crippen LogP contribution in [-0.4, -0.2) is 27.6 Å². The van der Waals surface area contributed by atoms with Crippen LogP contribution in [0, 0.1) is 6.92 Å². The largest absolute Gasteiger partial charge is 1.00 e. The number of aryl methyl sites for hydroxylation is 1. The zero-order valence-corrected chi connectivity index (χ0v) is 17.8. The van der Waals surface area contributed by atoms with Crippen molar-refractivity contribution in [3.8, 4) is 0 Å². The van der Waals surface area contributed by atoms with Gasteiger partial charge in [-0.1, -0.05) is 12.1 Å². The molecular weight excluding hydrogens is 404 g/mol. The molecule has 0 atom stereocenters. The summed E-state index contributed by atoms with van der Waals surface area (Å²) in [4.78, 5) is 11.8. The van der Waals surface area contributed by atoms with Gasteiger partial charge in [-0.25, -0.2) is 17.9 Å². The minimum Gasteiger partial charge on any atom is -1.00 e. The number of hydrogen-bond donors (Lipinski definition) is 3. The molecule has 0 aliphatic heterocycles. The number of halogens is 1. The number of aromatic nitrogens is 1. The van der Waals surface area contributed by atoms with Crippen molar-refractivity contribution >= 4 is 27.4 Å². The second-order valence-electron chi connectivity index (χ2n) is 6.38. The number of amides is 2. The Bertz CT molecular complexity index is 920. The summed E-state index contributed by atoms with van der Waals surface area (Å²) in [5.41, 5.74) is 2.12. The Balaban J connectivity index is 0.00000392. The average Bonchev–Trinajstić information content (AvgIpc) is 2.55. The van der Waals surface area contributed by atoms with E-state index in [-0.39, 0.29) is 30.1 Å². The van der Waals surface area contributed by atoms with Gasteiger partial charge in [-0.15, -0.1) is 0 Å². The van der Waals surface area contributed by atoms with Crippen LogP contribution in [0.1, 0.15) is 19.4 Å². The van der Waals surface area contributed by atoms with Crippen LogP contribution in [-0.2, 0) is 21.5 Å². The number of carbonyl (C=O) groups excluding carboxylic acids is 1. The highest BCUT2D eigenvalue weighted by Crippen LogP contribution is 2.24. The molecule has 154 valence electrons. The van der Waals surface area contributed by atoms with Gasteiger partial charge in [0.1, 0.15) is 0 Å². The van der Waals surface area contributed by atoms with Gasteiger partial charge in [0.05, 0.1) is 5.69 Å². The van der Waals surface area contributed by atoms with Crippen LogP contribution < -0.4 is 32.3 Å². The minimum atomic E-state index is -4.11. The lowest BCUT2D eigenvalue weighted by atomic mass is 10.2. The number of urea groups is 1. The molecule has 0 aliphatic rings. The average molecular weight is 429 g/mol. The second kappa shape index (κ2) is 10.3. The van der Waals surface area contributed by atoms with E-state index in [1.807, 2.05) is 35.9 Å². The first kappa shape index (κ1) is 23.7. The summed E-state index contributed by atoms with van der Waals surface area (Å²) < 4.78 is 34.2. The molecule has 8 nitrogen and oxygen atoms in total. The van der Waals surface area contributed by atoms with Gasteiger partial charge in [0.25, 0.3) is 16.8 Å². The Hall–Kier alpha value is -2.36. The topological polar surface area (TPSA) is 100 Å². The predicted molar refractivity (Wildman–Crippen MR) is 102 cm³/mol. The van der Waals surface area contributed by atoms with E-state index < -0.39 is 16.1 Å². The quantitative estimate of drug-likeness (QED) is 0.493. The first-order valence-electron chi connectivity index (χ1n) is 8.40. The van der Waals surface area contributed by atoms with Crippen LogP contribution in [0.2, 0.25) is 0 Å². The molecule has 2 aromatic rings. The lowest BCUT2D eigenvalue weighted by molar-refractivity contribution is -0.732. The van der Waals surface area contributed by atoms with Gasteiger partial charge in [-0.2, -0.15) is 4.57 Å². The van der Waals surface area contributed by atoms with Gasteiger partial charge < -0.3 is 27.8 Å². The number of sulfonamides is 1. The van der Waals surface area contributed by atoms with Crippen molar-refractivity contribution < 1.29 is 34.9 Å². The van der Waals surface area contributed by atoms with Crippen molar-refractivity contribution in [3.63, 3.8) is 0 Å². The highest BCUT2D eigenvalue weighted by atomic mass is 35.5. The van der Waals surface area contributed by atoms with E-state index in [1.165, 1.54) is 13.3 Å². The molecule has 3 N–H and O–H groups in total. The molecule has 0 radical (unpaired) electrons. The van der Waals surface area contributed by atoms with Gasteiger partial charge >= 0.3 is 6.03 Å². The van der Waals surface area contributed by atoms with E-state index in [0.717, 1.165) is 11.3 Å². The normalized spacial score (nSPS) is 10.9. The standard InChI is InChI=1S/C18H24N4O4S.ClH/c1-13(2)19-18(23)21-27(24,25)17-11-22(12-26-4)9-8-16(17)20-15-7-5-6-14(3)10-15;/h5-11,13H,12H2,1-4H3,(H2,19,21,23);1H. The maximum atomic E-state index is 12.8. The molecule has 0 unspecified atom stereocenters. The molecule has 0 spiro atoms. The Morgan fingerprint density at radius 1 is 1.25 bits per heavy atom. The van der Waals surface area contributed by atoms with Crippen LogP contribution >= 0.6 is 0 Å². The monoisotopic (exact) mass is 428 g/mol. The van der Waals surface area contributed by atoms with Gasteiger partial charge in [0, 0.05) is 24.9 Å². The number of ether oxygens (including phenoxy) is 1. The van der Waals surface area contributed by atoms with E-state index in [2.05, 4.69) is 10.6 Å². The number of rotatable bonds is 7. The van der Waals surface area contributed by atoms with E-state index in [1.54, 1.807) is 30.7 Å². The maximum absolute atomic E-state index is 12.8. The van der Waals surface area contributed by atoms with Gasteiger partial charge in [-0.05, 0) is 38.5 Å². The molecule has 2 amide bonds. The lowest BCUT2D eigenvalue weighted by Crippen LogP contribution is -3.00. The molecule has 0 aliphatic carbocycles. The third kappa shape index (κ3) is 6.66. The number of pyridine rings is 1. The number of hydrogen-bond acceptors (Lipinski definition) is 5. The minimum absolute atomic E-state index is 0. The summed E-state index contributed by atoms with van der Waals surface area (Å²) in [6.45, 7) is 5.60. The molecule has 28 heavy (non-hydrogen) atoms. The molecular formula is C18H25ClN4O4S. The van der Waals surface area contributed by atoms with Gasteiger partial charge in [-0.3, -0.25) is 0 Å². The summed E-state index contributed by atoms with van der Waals surface area (Å²) in [5, 5.41) is 5.60. The fourth-order valence-corrected chi connectivity index (χ4v) is 3.51. The molecule has 0 bridgehead atoms. The van der Waals surface area contributed by atoms with E-state index >= 15 is 0 Å². The van der Waals surface area contributed by atoms with Crippen molar-refractivity contribution in [2.24, 2.45) is 0 Å². The van der Waals surface area contributed by atoms with Crippen LogP contribution in [0.15, 0.2) is 47.6 Å². The molecule has 0 fully saturated rings. The summed E-state index contributed by atoms with van der Waals surface area (Å²) in [6.07, 6.45) is 3.10. The molecule has 1 aromatic carbocycles. The predicted octanol–water partition coefficient (Wildman–Crippen LogP) is -0.970. The highest BCUT2D eigenvalue weighted by Gasteiger charge is 2.25. The molecule has 1 heterocycles. The van der Waals surface area contributed by atoms with Gasteiger partial charge in [0.15, 0.2) is 17.3 Å². The van der Waals surface area contributed by atoms with Crippen molar-refractivity contribution in [2.75, 3.05) is 12.4 Å². The van der Waals surface area contributed by atoms with Gasteiger partial charge in [0.2, 0.25) is 0 Å². The third-order valence-corrected chi connectivity index (χ3v) is 4.85. The third-order valence-electron chi connectivity index (χ3n) is 3.49. The molecule has 10 heteroatoms. The number of carbonyl (C=O) groups is 1. The smallest absolute Gasteiger partial charge is 0.328 e. The Kier molecular flexibility index (Phi) is 8.67. The Labute approximate surface area is 171 Å². The van der Waals surface area contributed by atoms with Crippen molar-refractivity contribution in [2.45, 2.75) is 38.4 Å². The van der Waals surface area contributed by atoms with Crippen molar-refractivity contribution in [3.05, 3.63) is 48.3 Å². The highest BCUT2D eigenvalue weighted by molar-refractivity contribution is 7.90.